The van der Waals surface area contributed by atoms with E-state index in [1.165, 1.54) is 51.4 Å². The number of cyclic esters (lactones) is 2. The van der Waals surface area contributed by atoms with Gasteiger partial charge in [0.25, 0.3) is 0 Å². The van der Waals surface area contributed by atoms with Crippen molar-refractivity contribution in [2.75, 3.05) is 6.79 Å². The highest BCUT2D eigenvalue weighted by molar-refractivity contribution is 5.82. The van der Waals surface area contributed by atoms with Crippen LogP contribution < -0.4 is 0 Å². The molecule has 0 aromatic heterocycles. The van der Waals surface area contributed by atoms with E-state index in [9.17, 15) is 9.59 Å². The first-order valence-electron chi connectivity index (χ1n) is 17.9. The molecule has 6 heteroatoms. The standard InChI is InChI=1S/C38H62O6/c1-24(2)12-11-13-25(3)29-16-17-30-28-15-14-26-22-27(18-20-36(26,8)31(28)19-21-37(29,30)9)41-23-42-32(39)38(10)34(4,5)43-33(40)44-35(38,6)7/h14,24-25,27-31H,11-13,15-23H2,1-10H3/t25-,27+,28+,29-,30+,31+,36+,37-/m1/s1. The topological polar surface area (TPSA) is 71.1 Å². The Bertz CT molecular complexity index is 1100. The van der Waals surface area contributed by atoms with Crippen LogP contribution in [0, 0.1) is 51.8 Å². The SMILES string of the molecule is CC(C)CCC[C@@H](C)[C@H]1CC[C@H]2[C@@H]3CC=C4C[C@@H](OCOC(=O)C5(C)C(C)(C)OC(=O)OC5(C)C)CC[C@]4(C)[C@H]3CC[C@]12C. The molecule has 3 saturated carbocycles. The van der Waals surface area contributed by atoms with Crippen molar-refractivity contribution in [2.45, 2.75) is 157 Å². The molecule has 0 aromatic carbocycles. The molecule has 6 nitrogen and oxygen atoms in total. The van der Waals surface area contributed by atoms with E-state index in [0.29, 0.717) is 5.41 Å². The Kier molecular flexibility index (Phi) is 9.15. The van der Waals surface area contributed by atoms with Crippen molar-refractivity contribution in [1.29, 1.82) is 0 Å². The van der Waals surface area contributed by atoms with Gasteiger partial charge in [-0.2, -0.15) is 0 Å². The van der Waals surface area contributed by atoms with Gasteiger partial charge in [0.15, 0.2) is 6.79 Å². The quantitative estimate of drug-likeness (QED) is 0.146. The number of esters is 1. The van der Waals surface area contributed by atoms with Crippen molar-refractivity contribution in [3.8, 4) is 0 Å². The summed E-state index contributed by atoms with van der Waals surface area (Å²) >= 11 is 0. The van der Waals surface area contributed by atoms with Crippen LogP contribution in [0.1, 0.15) is 140 Å². The van der Waals surface area contributed by atoms with Crippen LogP contribution in [-0.4, -0.2) is 36.2 Å². The number of hydrogen-bond donors (Lipinski definition) is 0. The maximum absolute atomic E-state index is 13.4. The number of carbonyl (C=O) groups is 2. The van der Waals surface area contributed by atoms with E-state index >= 15 is 0 Å². The minimum absolute atomic E-state index is 0.0457. The summed E-state index contributed by atoms with van der Waals surface area (Å²) in [6, 6.07) is 0. The van der Waals surface area contributed by atoms with Crippen molar-refractivity contribution < 1.29 is 28.5 Å². The molecule has 0 bridgehead atoms. The minimum atomic E-state index is -1.19. The maximum Gasteiger partial charge on any atom is 0.509 e. The van der Waals surface area contributed by atoms with Crippen LogP contribution in [0.25, 0.3) is 0 Å². The second kappa shape index (κ2) is 11.9. The lowest BCUT2D eigenvalue weighted by atomic mass is 9.47. The fourth-order valence-corrected chi connectivity index (χ4v) is 11.0. The normalized spacial score (nSPS) is 39.2. The van der Waals surface area contributed by atoms with Gasteiger partial charge in [-0.1, -0.05) is 65.5 Å². The molecule has 0 unspecified atom stereocenters. The average Bonchev–Trinajstić information content (AvgIpc) is 3.28. The van der Waals surface area contributed by atoms with Crippen LogP contribution in [0.4, 0.5) is 4.79 Å². The number of rotatable bonds is 9. The molecule has 5 rings (SSSR count). The lowest BCUT2D eigenvalue weighted by Gasteiger charge is -2.58. The van der Waals surface area contributed by atoms with Gasteiger partial charge in [0.1, 0.15) is 16.6 Å². The van der Waals surface area contributed by atoms with Gasteiger partial charge < -0.3 is 18.9 Å². The Hall–Kier alpha value is -1.56. The molecule has 0 amide bonds. The fourth-order valence-electron chi connectivity index (χ4n) is 11.0. The van der Waals surface area contributed by atoms with Crippen LogP contribution in [-0.2, 0) is 23.7 Å². The third kappa shape index (κ3) is 5.55. The Labute approximate surface area is 267 Å². The van der Waals surface area contributed by atoms with Gasteiger partial charge in [-0.15, -0.1) is 0 Å². The molecule has 5 aliphatic rings. The van der Waals surface area contributed by atoms with Crippen LogP contribution >= 0.6 is 0 Å². The smallest absolute Gasteiger partial charge is 0.438 e. The fraction of sp³-hybridized carbons (Fsp3) is 0.895. The molecule has 8 atom stereocenters. The summed E-state index contributed by atoms with van der Waals surface area (Å²) in [7, 11) is 0. The molecule has 1 saturated heterocycles. The molecule has 0 radical (unpaired) electrons. The summed E-state index contributed by atoms with van der Waals surface area (Å²) in [6.07, 6.45) is 15.9. The highest BCUT2D eigenvalue weighted by Crippen LogP contribution is 2.67. The lowest BCUT2D eigenvalue weighted by molar-refractivity contribution is -0.242. The van der Waals surface area contributed by atoms with E-state index in [4.69, 9.17) is 18.9 Å². The summed E-state index contributed by atoms with van der Waals surface area (Å²) in [4.78, 5) is 25.4. The summed E-state index contributed by atoms with van der Waals surface area (Å²) in [5, 5.41) is 0. The molecule has 4 fully saturated rings. The monoisotopic (exact) mass is 614 g/mol. The van der Waals surface area contributed by atoms with Crippen molar-refractivity contribution in [3.63, 3.8) is 0 Å². The van der Waals surface area contributed by atoms with Crippen LogP contribution in [0.15, 0.2) is 11.6 Å². The Morgan fingerprint density at radius 1 is 0.909 bits per heavy atom. The molecular weight excluding hydrogens is 552 g/mol. The highest BCUT2D eigenvalue weighted by Gasteiger charge is 2.66. The van der Waals surface area contributed by atoms with Gasteiger partial charge in [-0.3, -0.25) is 4.79 Å². The third-order valence-electron chi connectivity index (χ3n) is 14.2. The van der Waals surface area contributed by atoms with E-state index in [0.717, 1.165) is 54.8 Å². The molecule has 1 aliphatic heterocycles. The molecule has 4 aliphatic carbocycles. The molecule has 0 aromatic rings. The highest BCUT2D eigenvalue weighted by atomic mass is 16.8. The predicted octanol–water partition coefficient (Wildman–Crippen LogP) is 9.64. The van der Waals surface area contributed by atoms with Gasteiger partial charge in [0, 0.05) is 0 Å². The van der Waals surface area contributed by atoms with E-state index in [1.54, 1.807) is 40.2 Å². The first kappa shape index (κ1) is 33.8. The summed E-state index contributed by atoms with van der Waals surface area (Å²) in [5.41, 5.74) is -1.02. The molecule has 1 heterocycles. The molecular formula is C38H62O6. The number of ether oxygens (including phenoxy) is 4. The Morgan fingerprint density at radius 3 is 2.25 bits per heavy atom. The molecule has 0 N–H and O–H groups in total. The van der Waals surface area contributed by atoms with Crippen molar-refractivity contribution >= 4 is 12.1 Å². The summed E-state index contributed by atoms with van der Waals surface area (Å²) in [5.74, 6) is 4.51. The van der Waals surface area contributed by atoms with Crippen LogP contribution in [0.5, 0.6) is 0 Å². The third-order valence-corrected chi connectivity index (χ3v) is 14.2. The Morgan fingerprint density at radius 2 is 1.59 bits per heavy atom. The number of carbonyl (C=O) groups excluding carboxylic acids is 2. The second-order valence-corrected chi connectivity index (χ2v) is 17.5. The van der Waals surface area contributed by atoms with Gasteiger partial charge in [-0.05, 0) is 132 Å². The van der Waals surface area contributed by atoms with Crippen LogP contribution in [0.3, 0.4) is 0 Å². The predicted molar refractivity (Wildman–Crippen MR) is 173 cm³/mol. The number of fused-ring (bicyclic) bond motifs is 5. The first-order chi connectivity index (χ1) is 20.5. The van der Waals surface area contributed by atoms with E-state index in [-0.39, 0.29) is 18.3 Å². The zero-order valence-corrected chi connectivity index (χ0v) is 29.6. The average molecular weight is 615 g/mol. The van der Waals surface area contributed by atoms with Crippen LogP contribution in [0.2, 0.25) is 0 Å². The second-order valence-electron chi connectivity index (χ2n) is 17.5. The van der Waals surface area contributed by atoms with Gasteiger partial charge in [-0.25, -0.2) is 4.79 Å². The maximum atomic E-state index is 13.4. The molecule has 44 heavy (non-hydrogen) atoms. The Balaban J connectivity index is 1.19. The van der Waals surface area contributed by atoms with E-state index < -0.39 is 28.7 Å². The largest absolute Gasteiger partial charge is 0.509 e. The van der Waals surface area contributed by atoms with Crippen molar-refractivity contribution in [2.24, 2.45) is 51.8 Å². The zero-order chi connectivity index (χ0) is 32.3. The zero-order valence-electron chi connectivity index (χ0n) is 29.6. The lowest BCUT2D eigenvalue weighted by Crippen LogP contribution is -2.66. The van der Waals surface area contributed by atoms with Gasteiger partial charge in [0.2, 0.25) is 0 Å². The van der Waals surface area contributed by atoms with Crippen molar-refractivity contribution in [3.05, 3.63) is 11.6 Å². The van der Waals surface area contributed by atoms with E-state index in [2.05, 4.69) is 40.7 Å². The molecule has 0 spiro atoms. The van der Waals surface area contributed by atoms with Crippen molar-refractivity contribution in [1.82, 2.24) is 0 Å². The number of allylic oxidation sites excluding steroid dienone is 1. The minimum Gasteiger partial charge on any atom is -0.438 e. The first-order valence-corrected chi connectivity index (χ1v) is 17.9. The summed E-state index contributed by atoms with van der Waals surface area (Å²) in [6.45, 7) is 21.1. The summed E-state index contributed by atoms with van der Waals surface area (Å²) < 4.78 is 22.8. The van der Waals surface area contributed by atoms with Gasteiger partial charge >= 0.3 is 12.1 Å². The number of hydrogen-bond acceptors (Lipinski definition) is 6. The van der Waals surface area contributed by atoms with Gasteiger partial charge in [0.05, 0.1) is 6.10 Å². The van der Waals surface area contributed by atoms with E-state index in [1.807, 2.05) is 0 Å². The molecule has 250 valence electrons.